The Hall–Kier alpha value is -3.80. The van der Waals surface area contributed by atoms with Gasteiger partial charge in [-0.25, -0.2) is 0 Å². The molecule has 6 heteroatoms. The molecule has 1 N–H and O–H groups in total. The molecule has 2 aromatic carbocycles. The largest absolute Gasteiger partial charge is 0.503 e. The topological polar surface area (TPSA) is 80.0 Å². The molecule has 1 aliphatic rings. The Labute approximate surface area is 186 Å². The molecule has 164 valence electrons. The predicted molar refractivity (Wildman–Crippen MR) is 121 cm³/mol. The lowest BCUT2D eigenvalue weighted by molar-refractivity contribution is -0.123. The number of aliphatic hydroxyl groups is 1. The summed E-state index contributed by atoms with van der Waals surface area (Å²) >= 11 is 0. The second-order valence-corrected chi connectivity index (χ2v) is 8.72. The monoisotopic (exact) mass is 431 g/mol. The number of Topliss-reactive ketones (excluding diaryl/α,β-unsaturated/α-hetero) is 1. The molecule has 2 heterocycles. The van der Waals surface area contributed by atoms with E-state index in [1.165, 1.54) is 12.0 Å². The summed E-state index contributed by atoms with van der Waals surface area (Å²) < 4.78 is 10.7. The van der Waals surface area contributed by atoms with Gasteiger partial charge in [0.2, 0.25) is 0 Å². The van der Waals surface area contributed by atoms with E-state index < -0.39 is 23.1 Å². The number of amides is 1. The second-order valence-electron chi connectivity index (χ2n) is 8.72. The van der Waals surface area contributed by atoms with Crippen molar-refractivity contribution < 1.29 is 23.8 Å². The van der Waals surface area contributed by atoms with Crippen LogP contribution in [0.25, 0.3) is 11.1 Å². The van der Waals surface area contributed by atoms with Crippen molar-refractivity contribution >= 4 is 17.4 Å². The van der Waals surface area contributed by atoms with E-state index >= 15 is 0 Å². The number of hydrogen-bond acceptors (Lipinski definition) is 5. The molecule has 0 radical (unpaired) electrons. The summed E-state index contributed by atoms with van der Waals surface area (Å²) in [6, 6.07) is 15.6. The third-order valence-corrected chi connectivity index (χ3v) is 5.57. The van der Waals surface area contributed by atoms with Gasteiger partial charge < -0.3 is 14.3 Å². The van der Waals surface area contributed by atoms with Crippen molar-refractivity contribution in [2.24, 2.45) is 5.41 Å². The number of carbonyl (C=O) groups is 2. The molecule has 0 saturated carbocycles. The number of aliphatic hydroxyl groups excluding tert-OH is 1. The highest BCUT2D eigenvalue weighted by Crippen LogP contribution is 2.46. The number of ether oxygens (including phenoxy) is 1. The van der Waals surface area contributed by atoms with E-state index in [0.29, 0.717) is 17.0 Å². The van der Waals surface area contributed by atoms with Crippen LogP contribution < -0.4 is 9.64 Å². The molecule has 1 atom stereocenters. The van der Waals surface area contributed by atoms with Crippen LogP contribution in [0.4, 0.5) is 5.69 Å². The Kier molecular flexibility index (Phi) is 5.38. The third-order valence-electron chi connectivity index (χ3n) is 5.57. The van der Waals surface area contributed by atoms with Gasteiger partial charge in [0.15, 0.2) is 11.5 Å². The van der Waals surface area contributed by atoms with Gasteiger partial charge in [0.25, 0.3) is 5.91 Å². The van der Waals surface area contributed by atoms with Gasteiger partial charge in [0, 0.05) is 22.2 Å². The molecule has 3 aromatic rings. The smallest absolute Gasteiger partial charge is 0.294 e. The zero-order valence-electron chi connectivity index (χ0n) is 18.5. The van der Waals surface area contributed by atoms with Gasteiger partial charge in [-0.2, -0.15) is 0 Å². The van der Waals surface area contributed by atoms with E-state index in [4.69, 9.17) is 9.15 Å². The molecule has 32 heavy (non-hydrogen) atoms. The first-order valence-electron chi connectivity index (χ1n) is 10.3. The van der Waals surface area contributed by atoms with Crippen LogP contribution in [0.3, 0.4) is 0 Å². The van der Waals surface area contributed by atoms with E-state index in [-0.39, 0.29) is 11.4 Å². The Bertz CT molecular complexity index is 1180. The molecular formula is C26H25NO5. The molecule has 0 spiro atoms. The summed E-state index contributed by atoms with van der Waals surface area (Å²) in [6.07, 6.45) is 3.23. The fourth-order valence-corrected chi connectivity index (χ4v) is 3.94. The maximum atomic E-state index is 13.3. The molecule has 1 amide bonds. The third kappa shape index (κ3) is 3.58. The zero-order valence-corrected chi connectivity index (χ0v) is 18.5. The Balaban J connectivity index is 1.86. The number of furan rings is 1. The van der Waals surface area contributed by atoms with Gasteiger partial charge in [0.1, 0.15) is 5.75 Å². The van der Waals surface area contributed by atoms with Crippen LogP contribution in [0.2, 0.25) is 0 Å². The number of hydrogen-bond donors (Lipinski definition) is 1. The average molecular weight is 431 g/mol. The van der Waals surface area contributed by atoms with Crippen LogP contribution >= 0.6 is 0 Å². The molecule has 1 aromatic heterocycles. The first-order chi connectivity index (χ1) is 15.2. The molecule has 1 aliphatic heterocycles. The number of methoxy groups -OCH3 is 1. The second kappa shape index (κ2) is 8.04. The van der Waals surface area contributed by atoms with Crippen molar-refractivity contribution in [2.45, 2.75) is 26.8 Å². The minimum Gasteiger partial charge on any atom is -0.503 e. The minimum absolute atomic E-state index is 0.0749. The molecule has 4 rings (SSSR count). The summed E-state index contributed by atoms with van der Waals surface area (Å²) in [5.41, 5.74) is 2.30. The number of para-hydroxylation sites is 1. The molecule has 0 fully saturated rings. The molecule has 6 nitrogen and oxygen atoms in total. The quantitative estimate of drug-likeness (QED) is 0.579. The van der Waals surface area contributed by atoms with E-state index in [0.717, 1.165) is 11.1 Å². The van der Waals surface area contributed by atoms with E-state index in [9.17, 15) is 14.7 Å². The molecular weight excluding hydrogens is 406 g/mol. The maximum Gasteiger partial charge on any atom is 0.294 e. The predicted octanol–water partition coefficient (Wildman–Crippen LogP) is 5.47. The fourth-order valence-electron chi connectivity index (χ4n) is 3.94. The van der Waals surface area contributed by atoms with Crippen molar-refractivity contribution in [2.75, 3.05) is 12.0 Å². The fraction of sp³-hybridized carbons (Fsp3) is 0.231. The van der Waals surface area contributed by atoms with E-state index in [1.807, 2.05) is 30.3 Å². The number of ketones is 1. The van der Waals surface area contributed by atoms with Crippen molar-refractivity contribution in [1.82, 2.24) is 0 Å². The number of nitrogens with zero attached hydrogens (tertiary/aromatic N) is 1. The zero-order chi connectivity index (χ0) is 23.0. The number of anilines is 1. The first kappa shape index (κ1) is 21.4. The maximum absolute atomic E-state index is 13.3. The van der Waals surface area contributed by atoms with E-state index in [2.05, 4.69) is 0 Å². The lowest BCUT2D eigenvalue weighted by Crippen LogP contribution is -2.33. The van der Waals surface area contributed by atoms with Gasteiger partial charge in [0.05, 0.1) is 31.3 Å². The summed E-state index contributed by atoms with van der Waals surface area (Å²) in [7, 11) is 1.54. The van der Waals surface area contributed by atoms with Crippen molar-refractivity contribution in [3.8, 4) is 16.9 Å². The van der Waals surface area contributed by atoms with E-state index in [1.54, 1.807) is 57.6 Å². The number of rotatable bonds is 5. The summed E-state index contributed by atoms with van der Waals surface area (Å²) in [5.74, 6) is -0.916. The Morgan fingerprint density at radius 1 is 1.03 bits per heavy atom. The summed E-state index contributed by atoms with van der Waals surface area (Å²) in [5, 5.41) is 10.8. The highest BCUT2D eigenvalue weighted by atomic mass is 16.5. The Morgan fingerprint density at radius 2 is 1.72 bits per heavy atom. The normalized spacial score (nSPS) is 16.6. The standard InChI is InChI=1S/C26H25NO5/c1-26(2,3)24(29)21-22(19-7-5-6-8-20(19)31-4)27(25(30)23(21)28)18-11-9-16(10-12-18)17-13-14-32-15-17/h5-15,22,28H,1-4H3. The van der Waals surface area contributed by atoms with Gasteiger partial charge in [-0.05, 0) is 29.8 Å². The lowest BCUT2D eigenvalue weighted by Gasteiger charge is -2.30. The van der Waals surface area contributed by atoms with Crippen LogP contribution in [0.5, 0.6) is 5.75 Å². The average Bonchev–Trinajstić information content (AvgIpc) is 3.40. The van der Waals surface area contributed by atoms with Gasteiger partial charge in [-0.3, -0.25) is 14.5 Å². The molecule has 1 unspecified atom stereocenters. The van der Waals surface area contributed by atoms with Gasteiger partial charge in [-0.15, -0.1) is 0 Å². The van der Waals surface area contributed by atoms with Crippen molar-refractivity contribution in [1.29, 1.82) is 0 Å². The van der Waals surface area contributed by atoms with Gasteiger partial charge >= 0.3 is 0 Å². The molecule has 0 aliphatic carbocycles. The minimum atomic E-state index is -0.815. The molecule has 0 saturated heterocycles. The van der Waals surface area contributed by atoms with Crippen LogP contribution in [0, 0.1) is 5.41 Å². The number of benzene rings is 2. The lowest BCUT2D eigenvalue weighted by atomic mass is 9.82. The van der Waals surface area contributed by atoms with Crippen molar-refractivity contribution in [3.63, 3.8) is 0 Å². The summed E-state index contributed by atoms with van der Waals surface area (Å²) in [6.45, 7) is 5.30. The first-order valence-corrected chi connectivity index (χ1v) is 10.3. The number of carbonyl (C=O) groups excluding carboxylic acids is 2. The van der Waals surface area contributed by atoms with Crippen LogP contribution in [-0.2, 0) is 9.59 Å². The van der Waals surface area contributed by atoms with Crippen LogP contribution in [-0.4, -0.2) is 23.9 Å². The SMILES string of the molecule is COc1ccccc1C1C(C(=O)C(C)(C)C)=C(O)C(=O)N1c1ccc(-c2ccoc2)cc1. The molecule has 0 bridgehead atoms. The van der Waals surface area contributed by atoms with Crippen molar-refractivity contribution in [3.05, 3.63) is 84.0 Å². The van der Waals surface area contributed by atoms with Crippen LogP contribution in [0.15, 0.2) is 82.9 Å². The Morgan fingerprint density at radius 3 is 2.31 bits per heavy atom. The van der Waals surface area contributed by atoms with Crippen LogP contribution in [0.1, 0.15) is 32.4 Å². The highest BCUT2D eigenvalue weighted by Gasteiger charge is 2.47. The highest BCUT2D eigenvalue weighted by molar-refractivity contribution is 6.17. The summed E-state index contributed by atoms with van der Waals surface area (Å²) in [4.78, 5) is 28.0. The van der Waals surface area contributed by atoms with Gasteiger partial charge in [-0.1, -0.05) is 51.1 Å².